The molecule has 0 aliphatic carbocycles. The molecule has 3 nitrogen and oxygen atoms in total. The van der Waals surface area contributed by atoms with Crippen LogP contribution < -0.4 is 14.8 Å². The molecule has 1 aromatic carbocycles. The first-order valence-electron chi connectivity index (χ1n) is 7.49. The zero-order chi connectivity index (χ0) is 15.1. The number of rotatable bonds is 8. The van der Waals surface area contributed by atoms with Gasteiger partial charge in [0.15, 0.2) is 11.5 Å². The molecule has 1 N–H and O–H groups in total. The SMILES string of the molecule is CCNC(CCC(C)C)c1cc(OC)c(OC)cc1C. The Hall–Kier alpha value is -1.22. The quantitative estimate of drug-likeness (QED) is 0.777. The third-order valence-electron chi connectivity index (χ3n) is 3.63. The summed E-state index contributed by atoms with van der Waals surface area (Å²) in [7, 11) is 3.37. The summed E-state index contributed by atoms with van der Waals surface area (Å²) in [5.41, 5.74) is 2.56. The van der Waals surface area contributed by atoms with E-state index in [1.54, 1.807) is 14.2 Å². The molecule has 0 spiro atoms. The van der Waals surface area contributed by atoms with Gasteiger partial charge in [0.2, 0.25) is 0 Å². The first kappa shape index (κ1) is 16.8. The largest absolute Gasteiger partial charge is 0.493 e. The van der Waals surface area contributed by atoms with Gasteiger partial charge in [-0.05, 0) is 55.5 Å². The van der Waals surface area contributed by atoms with Crippen LogP contribution in [-0.2, 0) is 0 Å². The predicted molar refractivity (Wildman–Crippen MR) is 84.8 cm³/mol. The van der Waals surface area contributed by atoms with Crippen molar-refractivity contribution < 1.29 is 9.47 Å². The first-order valence-corrected chi connectivity index (χ1v) is 7.49. The minimum atomic E-state index is 0.377. The lowest BCUT2D eigenvalue weighted by Gasteiger charge is -2.23. The highest BCUT2D eigenvalue weighted by atomic mass is 16.5. The van der Waals surface area contributed by atoms with Gasteiger partial charge in [-0.3, -0.25) is 0 Å². The zero-order valence-electron chi connectivity index (χ0n) is 13.7. The van der Waals surface area contributed by atoms with Crippen LogP contribution >= 0.6 is 0 Å². The van der Waals surface area contributed by atoms with E-state index in [0.29, 0.717) is 6.04 Å². The van der Waals surface area contributed by atoms with Gasteiger partial charge >= 0.3 is 0 Å². The standard InChI is InChI=1S/C17H29NO2/c1-7-18-15(9-8-12(2)3)14-11-17(20-6)16(19-5)10-13(14)4/h10-12,15,18H,7-9H2,1-6H3. The van der Waals surface area contributed by atoms with Crippen LogP contribution in [0.15, 0.2) is 12.1 Å². The molecule has 0 aromatic heterocycles. The van der Waals surface area contributed by atoms with Gasteiger partial charge < -0.3 is 14.8 Å². The van der Waals surface area contributed by atoms with Crippen LogP contribution in [0, 0.1) is 12.8 Å². The minimum absolute atomic E-state index is 0.377. The van der Waals surface area contributed by atoms with Gasteiger partial charge in [-0.25, -0.2) is 0 Å². The molecule has 0 saturated carbocycles. The number of benzene rings is 1. The van der Waals surface area contributed by atoms with E-state index in [-0.39, 0.29) is 0 Å². The molecule has 0 heterocycles. The Labute approximate surface area is 123 Å². The van der Waals surface area contributed by atoms with E-state index in [0.717, 1.165) is 30.4 Å². The molecule has 0 bridgehead atoms. The van der Waals surface area contributed by atoms with E-state index in [1.807, 2.05) is 0 Å². The normalized spacial score (nSPS) is 12.6. The highest BCUT2D eigenvalue weighted by molar-refractivity contribution is 5.48. The van der Waals surface area contributed by atoms with E-state index in [1.165, 1.54) is 17.5 Å². The second kappa shape index (κ2) is 8.15. The number of nitrogens with one attached hydrogen (secondary N) is 1. The van der Waals surface area contributed by atoms with E-state index in [9.17, 15) is 0 Å². The Morgan fingerprint density at radius 3 is 2.15 bits per heavy atom. The predicted octanol–water partition coefficient (Wildman–Crippen LogP) is 4.10. The molecular formula is C17H29NO2. The smallest absolute Gasteiger partial charge is 0.161 e. The van der Waals surface area contributed by atoms with Crippen LogP contribution in [-0.4, -0.2) is 20.8 Å². The van der Waals surface area contributed by atoms with Gasteiger partial charge in [0.05, 0.1) is 14.2 Å². The Balaban J connectivity index is 3.05. The average molecular weight is 279 g/mol. The van der Waals surface area contributed by atoms with Crippen LogP contribution in [0.2, 0.25) is 0 Å². The van der Waals surface area contributed by atoms with Crippen LogP contribution in [0.4, 0.5) is 0 Å². The zero-order valence-corrected chi connectivity index (χ0v) is 13.7. The van der Waals surface area contributed by atoms with Crippen LogP contribution in [0.5, 0.6) is 11.5 Å². The highest BCUT2D eigenvalue weighted by Gasteiger charge is 2.17. The highest BCUT2D eigenvalue weighted by Crippen LogP contribution is 2.34. The van der Waals surface area contributed by atoms with Gasteiger partial charge in [-0.1, -0.05) is 20.8 Å². The summed E-state index contributed by atoms with van der Waals surface area (Å²) < 4.78 is 10.8. The third-order valence-corrected chi connectivity index (χ3v) is 3.63. The molecule has 0 radical (unpaired) electrons. The summed E-state index contributed by atoms with van der Waals surface area (Å²) in [6.07, 6.45) is 2.35. The molecule has 1 unspecified atom stereocenters. The Bertz CT molecular complexity index is 416. The molecule has 0 saturated heterocycles. The van der Waals surface area contributed by atoms with Crippen molar-refractivity contribution in [2.45, 2.75) is 46.6 Å². The third kappa shape index (κ3) is 4.41. The van der Waals surface area contributed by atoms with Gasteiger partial charge in [-0.2, -0.15) is 0 Å². The Morgan fingerprint density at radius 2 is 1.65 bits per heavy atom. The Kier molecular flexibility index (Phi) is 6.86. The topological polar surface area (TPSA) is 30.5 Å². The van der Waals surface area contributed by atoms with E-state index >= 15 is 0 Å². The lowest BCUT2D eigenvalue weighted by atomic mass is 9.94. The summed E-state index contributed by atoms with van der Waals surface area (Å²) in [5, 5.41) is 3.59. The van der Waals surface area contributed by atoms with Gasteiger partial charge in [0, 0.05) is 6.04 Å². The van der Waals surface area contributed by atoms with Crippen molar-refractivity contribution in [3.05, 3.63) is 23.3 Å². The van der Waals surface area contributed by atoms with Crippen molar-refractivity contribution in [1.29, 1.82) is 0 Å². The molecule has 0 fully saturated rings. The summed E-state index contributed by atoms with van der Waals surface area (Å²) >= 11 is 0. The molecule has 0 amide bonds. The van der Waals surface area contributed by atoms with Crippen molar-refractivity contribution in [3.8, 4) is 11.5 Å². The number of hydrogen-bond acceptors (Lipinski definition) is 3. The Morgan fingerprint density at radius 1 is 1.05 bits per heavy atom. The molecule has 0 aliphatic rings. The van der Waals surface area contributed by atoms with E-state index in [2.05, 4.69) is 45.1 Å². The van der Waals surface area contributed by atoms with Crippen molar-refractivity contribution in [1.82, 2.24) is 5.32 Å². The van der Waals surface area contributed by atoms with Crippen molar-refractivity contribution in [2.24, 2.45) is 5.92 Å². The maximum atomic E-state index is 5.43. The molecular weight excluding hydrogens is 250 g/mol. The molecule has 1 aromatic rings. The summed E-state index contributed by atoms with van der Waals surface area (Å²) in [6, 6.07) is 4.55. The molecule has 20 heavy (non-hydrogen) atoms. The second-order valence-electron chi connectivity index (χ2n) is 5.65. The number of hydrogen-bond donors (Lipinski definition) is 1. The van der Waals surface area contributed by atoms with Crippen molar-refractivity contribution in [2.75, 3.05) is 20.8 Å². The van der Waals surface area contributed by atoms with E-state index in [4.69, 9.17) is 9.47 Å². The lowest BCUT2D eigenvalue weighted by Crippen LogP contribution is -2.22. The molecule has 114 valence electrons. The summed E-state index contributed by atoms with van der Waals surface area (Å²) in [4.78, 5) is 0. The van der Waals surface area contributed by atoms with Crippen LogP contribution in [0.1, 0.15) is 50.8 Å². The number of methoxy groups -OCH3 is 2. The molecule has 0 aliphatic heterocycles. The van der Waals surface area contributed by atoms with Gasteiger partial charge in [-0.15, -0.1) is 0 Å². The van der Waals surface area contributed by atoms with Crippen molar-refractivity contribution in [3.63, 3.8) is 0 Å². The maximum absolute atomic E-state index is 5.43. The monoisotopic (exact) mass is 279 g/mol. The lowest BCUT2D eigenvalue weighted by molar-refractivity contribution is 0.352. The molecule has 1 atom stereocenters. The fraction of sp³-hybridized carbons (Fsp3) is 0.647. The van der Waals surface area contributed by atoms with Gasteiger partial charge in [0.25, 0.3) is 0 Å². The summed E-state index contributed by atoms with van der Waals surface area (Å²) in [5.74, 6) is 2.32. The molecule has 3 heteroatoms. The fourth-order valence-electron chi connectivity index (χ4n) is 2.49. The van der Waals surface area contributed by atoms with Crippen molar-refractivity contribution >= 4 is 0 Å². The van der Waals surface area contributed by atoms with E-state index < -0.39 is 0 Å². The first-order chi connectivity index (χ1) is 9.53. The number of ether oxygens (including phenoxy) is 2. The van der Waals surface area contributed by atoms with Crippen LogP contribution in [0.3, 0.4) is 0 Å². The number of aryl methyl sites for hydroxylation is 1. The second-order valence-corrected chi connectivity index (χ2v) is 5.65. The minimum Gasteiger partial charge on any atom is -0.493 e. The fourth-order valence-corrected chi connectivity index (χ4v) is 2.49. The summed E-state index contributed by atoms with van der Waals surface area (Å²) in [6.45, 7) is 9.79. The van der Waals surface area contributed by atoms with Gasteiger partial charge in [0.1, 0.15) is 0 Å². The van der Waals surface area contributed by atoms with Crippen LogP contribution in [0.25, 0.3) is 0 Å². The maximum Gasteiger partial charge on any atom is 0.161 e. The molecule has 1 rings (SSSR count). The average Bonchev–Trinajstić information content (AvgIpc) is 2.43.